The normalized spacial score (nSPS) is 22.4. The van der Waals surface area contributed by atoms with Gasteiger partial charge >= 0.3 is 5.97 Å². The first kappa shape index (κ1) is 14.2. The SMILES string of the molecule is CC1CCC(CN(CC(=O)O)c2cccc(Cl)c2)O1. The molecule has 1 aromatic rings. The predicted molar refractivity (Wildman–Crippen MR) is 74.9 cm³/mol. The second kappa shape index (κ2) is 6.26. The molecule has 1 saturated heterocycles. The Bertz CT molecular complexity index is 452. The van der Waals surface area contributed by atoms with E-state index in [2.05, 4.69) is 0 Å². The maximum Gasteiger partial charge on any atom is 0.323 e. The van der Waals surface area contributed by atoms with Crippen molar-refractivity contribution in [3.8, 4) is 0 Å². The number of ether oxygens (including phenoxy) is 1. The van der Waals surface area contributed by atoms with E-state index in [-0.39, 0.29) is 18.8 Å². The molecule has 2 rings (SSSR count). The Kier molecular flexibility index (Phi) is 4.66. The van der Waals surface area contributed by atoms with Crippen molar-refractivity contribution in [1.29, 1.82) is 0 Å². The average molecular weight is 284 g/mol. The van der Waals surface area contributed by atoms with Gasteiger partial charge in [0.05, 0.1) is 12.2 Å². The number of rotatable bonds is 5. The summed E-state index contributed by atoms with van der Waals surface area (Å²) in [7, 11) is 0. The summed E-state index contributed by atoms with van der Waals surface area (Å²) in [4.78, 5) is 12.8. The monoisotopic (exact) mass is 283 g/mol. The lowest BCUT2D eigenvalue weighted by molar-refractivity contribution is -0.135. The first-order valence-electron chi connectivity index (χ1n) is 6.42. The van der Waals surface area contributed by atoms with E-state index < -0.39 is 5.97 Å². The van der Waals surface area contributed by atoms with Crippen molar-refractivity contribution in [1.82, 2.24) is 0 Å². The molecule has 0 bridgehead atoms. The van der Waals surface area contributed by atoms with E-state index in [4.69, 9.17) is 21.4 Å². The summed E-state index contributed by atoms with van der Waals surface area (Å²) >= 11 is 5.96. The topological polar surface area (TPSA) is 49.8 Å². The minimum Gasteiger partial charge on any atom is -0.480 e. The van der Waals surface area contributed by atoms with E-state index in [1.807, 2.05) is 19.1 Å². The molecule has 0 saturated carbocycles. The van der Waals surface area contributed by atoms with E-state index in [1.54, 1.807) is 17.0 Å². The van der Waals surface area contributed by atoms with E-state index in [1.165, 1.54) is 0 Å². The standard InChI is InChI=1S/C14H18ClNO3/c1-10-5-6-13(19-10)8-16(9-14(17)18)12-4-2-3-11(15)7-12/h2-4,7,10,13H,5-6,8-9H2,1H3,(H,17,18). The second-order valence-corrected chi connectivity index (χ2v) is 5.34. The van der Waals surface area contributed by atoms with E-state index in [0.717, 1.165) is 18.5 Å². The van der Waals surface area contributed by atoms with Crippen LogP contribution in [0.2, 0.25) is 5.02 Å². The summed E-state index contributed by atoms with van der Waals surface area (Å²) in [6, 6.07) is 7.25. The third-order valence-corrected chi connectivity index (χ3v) is 3.48. The van der Waals surface area contributed by atoms with E-state index >= 15 is 0 Å². The molecule has 2 unspecified atom stereocenters. The Hall–Kier alpha value is -1.26. The minimum atomic E-state index is -0.856. The number of hydrogen-bond acceptors (Lipinski definition) is 3. The number of carbonyl (C=O) groups is 1. The van der Waals surface area contributed by atoms with Gasteiger partial charge in [0.15, 0.2) is 0 Å². The maximum absolute atomic E-state index is 11.0. The Balaban J connectivity index is 2.09. The highest BCUT2D eigenvalue weighted by Gasteiger charge is 2.25. The van der Waals surface area contributed by atoms with Gasteiger partial charge in [0.1, 0.15) is 6.54 Å². The summed E-state index contributed by atoms with van der Waals surface area (Å²) in [6.07, 6.45) is 2.35. The Morgan fingerprint density at radius 3 is 2.89 bits per heavy atom. The van der Waals surface area contributed by atoms with E-state index in [9.17, 15) is 4.79 Å². The number of benzene rings is 1. The van der Waals surface area contributed by atoms with Crippen molar-refractivity contribution in [3.05, 3.63) is 29.3 Å². The minimum absolute atomic E-state index is 0.0470. The van der Waals surface area contributed by atoms with Crippen LogP contribution in [0.1, 0.15) is 19.8 Å². The lowest BCUT2D eigenvalue weighted by Gasteiger charge is -2.26. The van der Waals surface area contributed by atoms with Crippen LogP contribution < -0.4 is 4.90 Å². The zero-order valence-corrected chi connectivity index (χ0v) is 11.6. The largest absolute Gasteiger partial charge is 0.480 e. The van der Waals surface area contributed by atoms with Crippen molar-refractivity contribution in [2.24, 2.45) is 0 Å². The summed E-state index contributed by atoms with van der Waals surface area (Å²) in [6.45, 7) is 2.58. The van der Waals surface area contributed by atoms with Crippen LogP contribution in [0.15, 0.2) is 24.3 Å². The highest BCUT2D eigenvalue weighted by atomic mass is 35.5. The van der Waals surface area contributed by atoms with E-state index in [0.29, 0.717) is 11.6 Å². The molecule has 1 aliphatic rings. The zero-order valence-electron chi connectivity index (χ0n) is 10.9. The molecule has 2 atom stereocenters. The summed E-state index contributed by atoms with van der Waals surface area (Å²) in [5.74, 6) is -0.856. The van der Waals surface area contributed by atoms with Crippen molar-refractivity contribution < 1.29 is 14.6 Å². The second-order valence-electron chi connectivity index (χ2n) is 4.90. The van der Waals surface area contributed by atoms with Gasteiger partial charge in [-0.25, -0.2) is 0 Å². The quantitative estimate of drug-likeness (QED) is 0.903. The average Bonchev–Trinajstić information content (AvgIpc) is 2.73. The highest BCUT2D eigenvalue weighted by Crippen LogP contribution is 2.24. The molecule has 0 aromatic heterocycles. The van der Waals surface area contributed by atoms with Crippen molar-refractivity contribution in [2.75, 3.05) is 18.0 Å². The Morgan fingerprint density at radius 1 is 1.53 bits per heavy atom. The number of anilines is 1. The van der Waals surface area contributed by atoms with Gasteiger partial charge in [-0.2, -0.15) is 0 Å². The highest BCUT2D eigenvalue weighted by molar-refractivity contribution is 6.30. The van der Waals surface area contributed by atoms with Crippen molar-refractivity contribution >= 4 is 23.3 Å². The fourth-order valence-corrected chi connectivity index (χ4v) is 2.55. The molecule has 5 heteroatoms. The smallest absolute Gasteiger partial charge is 0.323 e. The van der Waals surface area contributed by atoms with Crippen molar-refractivity contribution in [3.63, 3.8) is 0 Å². The molecule has 0 aliphatic carbocycles. The van der Waals surface area contributed by atoms with Gasteiger partial charge in [-0.3, -0.25) is 4.79 Å². The summed E-state index contributed by atoms with van der Waals surface area (Å²) < 4.78 is 5.76. The third kappa shape index (κ3) is 4.11. The molecule has 1 aliphatic heterocycles. The molecular weight excluding hydrogens is 266 g/mol. The lowest BCUT2D eigenvalue weighted by atomic mass is 10.2. The Labute approximate surface area is 117 Å². The molecule has 19 heavy (non-hydrogen) atoms. The summed E-state index contributed by atoms with van der Waals surface area (Å²) in [5, 5.41) is 9.63. The molecule has 0 spiro atoms. The van der Waals surface area contributed by atoms with Gasteiger partial charge in [-0.05, 0) is 38.0 Å². The molecule has 1 heterocycles. The van der Waals surface area contributed by atoms with Gasteiger partial charge in [0, 0.05) is 17.3 Å². The van der Waals surface area contributed by atoms with Crippen LogP contribution in [0, 0.1) is 0 Å². The van der Waals surface area contributed by atoms with Crippen LogP contribution >= 0.6 is 11.6 Å². The van der Waals surface area contributed by atoms with Crippen LogP contribution in [-0.2, 0) is 9.53 Å². The molecule has 0 radical (unpaired) electrons. The Morgan fingerprint density at radius 2 is 2.32 bits per heavy atom. The number of carboxylic acid groups (broad SMARTS) is 1. The zero-order chi connectivity index (χ0) is 13.8. The van der Waals surface area contributed by atoms with Crippen molar-refractivity contribution in [2.45, 2.75) is 32.0 Å². The number of carboxylic acids is 1. The van der Waals surface area contributed by atoms with Crippen LogP contribution in [0.25, 0.3) is 0 Å². The van der Waals surface area contributed by atoms with Gasteiger partial charge < -0.3 is 14.7 Å². The fraction of sp³-hybridized carbons (Fsp3) is 0.500. The predicted octanol–water partition coefficient (Wildman–Crippen LogP) is 2.80. The first-order chi connectivity index (χ1) is 9.04. The number of halogens is 1. The van der Waals surface area contributed by atoms with Gasteiger partial charge in [-0.1, -0.05) is 17.7 Å². The van der Waals surface area contributed by atoms with Crippen LogP contribution in [0.3, 0.4) is 0 Å². The van der Waals surface area contributed by atoms with Gasteiger partial charge in [0.25, 0.3) is 0 Å². The van der Waals surface area contributed by atoms with Crippen LogP contribution in [0.4, 0.5) is 5.69 Å². The number of hydrogen-bond donors (Lipinski definition) is 1. The molecule has 1 aromatic carbocycles. The molecular formula is C14H18ClNO3. The molecule has 4 nitrogen and oxygen atoms in total. The maximum atomic E-state index is 11.0. The van der Waals surface area contributed by atoms with Crippen LogP contribution in [-0.4, -0.2) is 36.4 Å². The lowest BCUT2D eigenvalue weighted by Crippen LogP contribution is -2.36. The molecule has 1 fully saturated rings. The molecule has 1 N–H and O–H groups in total. The third-order valence-electron chi connectivity index (χ3n) is 3.24. The van der Waals surface area contributed by atoms with Crippen LogP contribution in [0.5, 0.6) is 0 Å². The van der Waals surface area contributed by atoms with Gasteiger partial charge in [0.2, 0.25) is 0 Å². The number of aliphatic carboxylic acids is 1. The fourth-order valence-electron chi connectivity index (χ4n) is 2.36. The van der Waals surface area contributed by atoms with Gasteiger partial charge in [-0.15, -0.1) is 0 Å². The first-order valence-corrected chi connectivity index (χ1v) is 6.80. The number of nitrogens with zero attached hydrogens (tertiary/aromatic N) is 1. The molecule has 104 valence electrons. The summed E-state index contributed by atoms with van der Waals surface area (Å²) in [5.41, 5.74) is 0.818. The molecule has 0 amide bonds.